The Morgan fingerprint density at radius 1 is 1.22 bits per heavy atom. The summed E-state index contributed by atoms with van der Waals surface area (Å²) in [5.74, 6) is 0. The highest BCUT2D eigenvalue weighted by Gasteiger charge is 2.32. The molecule has 6 nitrogen and oxygen atoms in total. The Balaban J connectivity index is 1.84. The van der Waals surface area contributed by atoms with E-state index in [0.29, 0.717) is 30.8 Å². The highest BCUT2D eigenvalue weighted by atomic mass is 32.2. The van der Waals surface area contributed by atoms with Gasteiger partial charge in [0, 0.05) is 25.5 Å². The first-order valence-corrected chi connectivity index (χ1v) is 9.15. The third-order valence-corrected chi connectivity index (χ3v) is 6.47. The van der Waals surface area contributed by atoms with Crippen LogP contribution in [-0.4, -0.2) is 46.6 Å². The minimum Gasteiger partial charge on any atom is -0.391 e. The summed E-state index contributed by atoms with van der Waals surface area (Å²) >= 11 is 0. The van der Waals surface area contributed by atoms with Crippen molar-refractivity contribution in [3.63, 3.8) is 0 Å². The Bertz CT molecular complexity index is 759. The second-order valence-electron chi connectivity index (χ2n) is 5.89. The van der Waals surface area contributed by atoms with E-state index in [2.05, 4.69) is 4.98 Å². The first kappa shape index (κ1) is 16.2. The van der Waals surface area contributed by atoms with E-state index in [4.69, 9.17) is 0 Å². The lowest BCUT2D eigenvalue weighted by Gasteiger charge is -2.21. The molecule has 2 heterocycles. The van der Waals surface area contributed by atoms with Gasteiger partial charge >= 0.3 is 0 Å². The van der Waals surface area contributed by atoms with Crippen LogP contribution in [0.15, 0.2) is 47.9 Å². The van der Waals surface area contributed by atoms with Crippen molar-refractivity contribution >= 4 is 10.0 Å². The number of sulfonamides is 1. The van der Waals surface area contributed by atoms with Gasteiger partial charge in [-0.05, 0) is 31.4 Å². The molecule has 1 aliphatic rings. The molecule has 1 aromatic carbocycles. The average Bonchev–Trinajstić information content (AvgIpc) is 2.97. The lowest BCUT2D eigenvalue weighted by molar-refractivity contribution is 0.108. The lowest BCUT2D eigenvalue weighted by Crippen LogP contribution is -2.32. The molecule has 1 fully saturated rings. The number of aliphatic hydroxyl groups is 1. The van der Waals surface area contributed by atoms with E-state index in [0.717, 1.165) is 5.56 Å². The smallest absolute Gasteiger partial charge is 0.243 e. The van der Waals surface area contributed by atoms with Crippen molar-refractivity contribution < 1.29 is 13.5 Å². The van der Waals surface area contributed by atoms with Gasteiger partial charge < -0.3 is 9.67 Å². The SMILES string of the molecule is Cc1ccccc1S(=O)(=O)N1CC[C@H](O)[C@@H](n2ccnc2)CC1. The summed E-state index contributed by atoms with van der Waals surface area (Å²) in [4.78, 5) is 4.35. The number of hydrogen-bond acceptors (Lipinski definition) is 4. The molecule has 0 unspecified atom stereocenters. The number of aryl methyl sites for hydroxylation is 1. The normalized spacial score (nSPS) is 23.6. The maximum atomic E-state index is 12.9. The highest BCUT2D eigenvalue weighted by Crippen LogP contribution is 2.27. The van der Waals surface area contributed by atoms with E-state index in [-0.39, 0.29) is 6.04 Å². The predicted octanol–water partition coefficient (Wildman–Crippen LogP) is 1.58. The molecule has 1 aromatic heterocycles. The van der Waals surface area contributed by atoms with Crippen molar-refractivity contribution in [3.8, 4) is 0 Å². The minimum atomic E-state index is -3.53. The molecule has 0 radical (unpaired) electrons. The highest BCUT2D eigenvalue weighted by molar-refractivity contribution is 7.89. The number of benzene rings is 1. The van der Waals surface area contributed by atoms with Gasteiger partial charge in [0.05, 0.1) is 23.4 Å². The standard InChI is InChI=1S/C16H21N3O3S/c1-13-4-2-3-5-16(13)23(21,22)19-9-6-14(15(20)7-10-19)18-11-8-17-12-18/h2-5,8,11-12,14-15,20H,6-7,9-10H2,1H3/t14-,15-/m0/s1. The molecule has 23 heavy (non-hydrogen) atoms. The van der Waals surface area contributed by atoms with Gasteiger partial charge in [-0.15, -0.1) is 0 Å². The van der Waals surface area contributed by atoms with Gasteiger partial charge in [0.1, 0.15) is 0 Å². The largest absolute Gasteiger partial charge is 0.391 e. The number of rotatable bonds is 3. The molecule has 0 aliphatic carbocycles. The Morgan fingerprint density at radius 2 is 1.96 bits per heavy atom. The molecular formula is C16H21N3O3S. The zero-order chi connectivity index (χ0) is 16.4. The van der Waals surface area contributed by atoms with E-state index in [9.17, 15) is 13.5 Å². The topological polar surface area (TPSA) is 75.4 Å². The van der Waals surface area contributed by atoms with Crippen LogP contribution in [0, 0.1) is 6.92 Å². The summed E-state index contributed by atoms with van der Waals surface area (Å²) in [5, 5.41) is 10.4. The van der Waals surface area contributed by atoms with E-state index in [1.54, 1.807) is 43.8 Å². The van der Waals surface area contributed by atoms with Crippen LogP contribution >= 0.6 is 0 Å². The molecule has 1 saturated heterocycles. The summed E-state index contributed by atoms with van der Waals surface area (Å²) in [6.45, 7) is 2.51. The number of imidazole rings is 1. The fraction of sp³-hybridized carbons (Fsp3) is 0.438. The fourth-order valence-electron chi connectivity index (χ4n) is 3.09. The number of nitrogens with zero attached hydrogens (tertiary/aromatic N) is 3. The van der Waals surface area contributed by atoms with E-state index >= 15 is 0 Å². The van der Waals surface area contributed by atoms with Crippen molar-refractivity contribution in [1.82, 2.24) is 13.9 Å². The van der Waals surface area contributed by atoms with Crippen LogP contribution in [0.1, 0.15) is 24.4 Å². The van der Waals surface area contributed by atoms with Crippen LogP contribution in [0.2, 0.25) is 0 Å². The molecule has 2 aromatic rings. The molecule has 0 bridgehead atoms. The molecule has 124 valence electrons. The lowest BCUT2D eigenvalue weighted by atomic mass is 10.1. The third kappa shape index (κ3) is 3.17. The zero-order valence-corrected chi connectivity index (χ0v) is 13.9. The maximum absolute atomic E-state index is 12.9. The summed E-state index contributed by atoms with van der Waals surface area (Å²) in [6, 6.07) is 6.86. The molecule has 3 rings (SSSR count). The van der Waals surface area contributed by atoms with Crippen molar-refractivity contribution in [1.29, 1.82) is 0 Å². The van der Waals surface area contributed by atoms with Gasteiger partial charge in [0.2, 0.25) is 10.0 Å². The van der Waals surface area contributed by atoms with Crippen LogP contribution in [0.4, 0.5) is 0 Å². The summed E-state index contributed by atoms with van der Waals surface area (Å²) in [7, 11) is -3.53. The van der Waals surface area contributed by atoms with Gasteiger partial charge in [-0.3, -0.25) is 0 Å². The van der Waals surface area contributed by atoms with Crippen LogP contribution in [0.25, 0.3) is 0 Å². The Morgan fingerprint density at radius 3 is 2.65 bits per heavy atom. The first-order chi connectivity index (χ1) is 11.0. The Kier molecular flexibility index (Phi) is 4.52. The molecule has 1 N–H and O–H groups in total. The molecule has 0 saturated carbocycles. The average molecular weight is 335 g/mol. The Hall–Kier alpha value is -1.70. The van der Waals surface area contributed by atoms with Gasteiger partial charge in [0.15, 0.2) is 0 Å². The molecule has 0 spiro atoms. The second kappa shape index (κ2) is 6.43. The first-order valence-electron chi connectivity index (χ1n) is 7.71. The zero-order valence-electron chi connectivity index (χ0n) is 13.0. The fourth-order valence-corrected chi connectivity index (χ4v) is 4.78. The van der Waals surface area contributed by atoms with E-state index in [1.165, 1.54) is 4.31 Å². The van der Waals surface area contributed by atoms with Gasteiger partial charge in [-0.25, -0.2) is 13.4 Å². The molecule has 7 heteroatoms. The van der Waals surface area contributed by atoms with Gasteiger partial charge in [-0.2, -0.15) is 4.31 Å². The van der Waals surface area contributed by atoms with E-state index < -0.39 is 16.1 Å². The van der Waals surface area contributed by atoms with Gasteiger partial charge in [-0.1, -0.05) is 18.2 Å². The minimum absolute atomic E-state index is 0.144. The predicted molar refractivity (Wildman–Crippen MR) is 86.4 cm³/mol. The number of aliphatic hydroxyl groups excluding tert-OH is 1. The van der Waals surface area contributed by atoms with Crippen LogP contribution in [0.3, 0.4) is 0 Å². The monoisotopic (exact) mass is 335 g/mol. The quantitative estimate of drug-likeness (QED) is 0.924. The van der Waals surface area contributed by atoms with Crippen LogP contribution in [0.5, 0.6) is 0 Å². The van der Waals surface area contributed by atoms with Crippen molar-refractivity contribution in [2.24, 2.45) is 0 Å². The van der Waals surface area contributed by atoms with Crippen molar-refractivity contribution in [2.75, 3.05) is 13.1 Å². The van der Waals surface area contributed by atoms with Gasteiger partial charge in [0.25, 0.3) is 0 Å². The van der Waals surface area contributed by atoms with Crippen molar-refractivity contribution in [2.45, 2.75) is 36.8 Å². The molecule has 0 amide bonds. The number of hydrogen-bond donors (Lipinski definition) is 1. The summed E-state index contributed by atoms with van der Waals surface area (Å²) < 4.78 is 29.1. The Labute approximate surface area is 136 Å². The van der Waals surface area contributed by atoms with Crippen LogP contribution in [-0.2, 0) is 10.0 Å². The van der Waals surface area contributed by atoms with E-state index in [1.807, 2.05) is 10.6 Å². The van der Waals surface area contributed by atoms with Crippen molar-refractivity contribution in [3.05, 3.63) is 48.5 Å². The number of aromatic nitrogens is 2. The summed E-state index contributed by atoms with van der Waals surface area (Å²) in [6.07, 6.45) is 5.52. The maximum Gasteiger partial charge on any atom is 0.243 e. The summed E-state index contributed by atoms with van der Waals surface area (Å²) in [5.41, 5.74) is 0.739. The second-order valence-corrected chi connectivity index (χ2v) is 7.80. The molecule has 1 aliphatic heterocycles. The molecule has 2 atom stereocenters. The third-order valence-electron chi connectivity index (χ3n) is 4.41. The van der Waals surface area contributed by atoms with Crippen LogP contribution < -0.4 is 0 Å². The molecular weight excluding hydrogens is 314 g/mol.